The van der Waals surface area contributed by atoms with E-state index in [1.807, 2.05) is 7.05 Å². The Balaban J connectivity index is 1.28. The standard InChI is InChI=1S/C27H26ClF3N8O2/c1-37-7-4-3-5-18(37)15-40-19-10-16(27(29,30)31)9-17(11-19)35-26-36-25-24(38(26)2)23(28)22(13-33-25)41-21-14-34-39-8-6-32-12-20(21)39/h6,8-14,18H,3-5,7,15H2,1-2H3,(H,33,35,36). The summed E-state index contributed by atoms with van der Waals surface area (Å²) in [6.07, 6.45) is 6.41. The highest BCUT2D eigenvalue weighted by Gasteiger charge is 2.32. The van der Waals surface area contributed by atoms with Crippen molar-refractivity contribution < 1.29 is 22.6 Å². The fourth-order valence-corrected chi connectivity index (χ4v) is 5.20. The number of pyridine rings is 1. The minimum atomic E-state index is -4.56. The first-order chi connectivity index (χ1) is 19.7. The number of hydrogen-bond acceptors (Lipinski definition) is 8. The quantitative estimate of drug-likeness (QED) is 0.245. The van der Waals surface area contributed by atoms with Crippen molar-refractivity contribution >= 4 is 39.9 Å². The summed E-state index contributed by atoms with van der Waals surface area (Å²) in [5.74, 6) is 1.05. The predicted molar refractivity (Wildman–Crippen MR) is 147 cm³/mol. The summed E-state index contributed by atoms with van der Waals surface area (Å²) >= 11 is 6.70. The van der Waals surface area contributed by atoms with Crippen molar-refractivity contribution in [3.63, 3.8) is 0 Å². The highest BCUT2D eigenvalue weighted by Crippen LogP contribution is 2.38. The normalized spacial score (nSPS) is 16.4. The van der Waals surface area contributed by atoms with Crippen LogP contribution in [0.3, 0.4) is 0 Å². The van der Waals surface area contributed by atoms with Gasteiger partial charge in [0.25, 0.3) is 0 Å². The van der Waals surface area contributed by atoms with Crippen LogP contribution in [0.25, 0.3) is 16.7 Å². The molecule has 10 nitrogen and oxygen atoms in total. The predicted octanol–water partition coefficient (Wildman–Crippen LogP) is 6.08. The van der Waals surface area contributed by atoms with Crippen LogP contribution in [0, 0.1) is 0 Å². The molecule has 5 heterocycles. The fraction of sp³-hybridized carbons (Fsp3) is 0.333. The molecule has 1 aliphatic heterocycles. The largest absolute Gasteiger partial charge is 0.492 e. The number of rotatable bonds is 7. The first kappa shape index (κ1) is 27.1. The third kappa shape index (κ3) is 5.46. The molecule has 0 spiro atoms. The number of imidazole rings is 1. The Morgan fingerprint density at radius 1 is 1.10 bits per heavy atom. The number of halogens is 4. The molecule has 1 fully saturated rings. The van der Waals surface area contributed by atoms with Crippen LogP contribution in [0.4, 0.5) is 24.8 Å². The van der Waals surface area contributed by atoms with Gasteiger partial charge in [-0.2, -0.15) is 23.3 Å². The van der Waals surface area contributed by atoms with E-state index in [9.17, 15) is 13.2 Å². The van der Waals surface area contributed by atoms with E-state index in [-0.39, 0.29) is 39.8 Å². The van der Waals surface area contributed by atoms with E-state index >= 15 is 0 Å². The molecule has 14 heteroatoms. The Bertz CT molecular complexity index is 1720. The summed E-state index contributed by atoms with van der Waals surface area (Å²) in [5, 5.41) is 7.42. The monoisotopic (exact) mass is 586 g/mol. The van der Waals surface area contributed by atoms with Crippen molar-refractivity contribution in [1.29, 1.82) is 0 Å². The number of benzene rings is 1. The van der Waals surface area contributed by atoms with E-state index in [1.54, 1.807) is 34.7 Å². The Kier molecular flexibility index (Phi) is 7.08. The van der Waals surface area contributed by atoms with Crippen LogP contribution in [0.5, 0.6) is 17.2 Å². The molecule has 1 aliphatic rings. The van der Waals surface area contributed by atoms with Gasteiger partial charge in [0.1, 0.15) is 28.4 Å². The van der Waals surface area contributed by atoms with Crippen molar-refractivity contribution in [3.05, 3.63) is 59.8 Å². The lowest BCUT2D eigenvalue weighted by Crippen LogP contribution is -2.40. The van der Waals surface area contributed by atoms with E-state index in [0.29, 0.717) is 23.4 Å². The summed E-state index contributed by atoms with van der Waals surface area (Å²) in [6.45, 7) is 1.24. The van der Waals surface area contributed by atoms with Crippen LogP contribution in [-0.4, -0.2) is 60.3 Å². The number of anilines is 2. The van der Waals surface area contributed by atoms with Gasteiger partial charge in [-0.1, -0.05) is 18.0 Å². The molecule has 0 radical (unpaired) electrons. The highest BCUT2D eigenvalue weighted by atomic mass is 35.5. The number of alkyl halides is 3. The van der Waals surface area contributed by atoms with Gasteiger partial charge >= 0.3 is 6.18 Å². The Labute approximate surface area is 237 Å². The molecule has 0 saturated carbocycles. The first-order valence-electron chi connectivity index (χ1n) is 13.0. The zero-order chi connectivity index (χ0) is 28.7. The minimum absolute atomic E-state index is 0.120. The van der Waals surface area contributed by atoms with Crippen molar-refractivity contribution in [2.45, 2.75) is 31.5 Å². The van der Waals surface area contributed by atoms with Crippen LogP contribution in [0.15, 0.2) is 49.2 Å². The van der Waals surface area contributed by atoms with Crippen molar-refractivity contribution in [2.75, 3.05) is 25.5 Å². The third-order valence-electron chi connectivity index (χ3n) is 7.17. The lowest BCUT2D eigenvalue weighted by Gasteiger charge is -2.32. The molecular formula is C27H26ClF3N8O2. The number of piperidine rings is 1. The van der Waals surface area contributed by atoms with Gasteiger partial charge in [0.15, 0.2) is 17.1 Å². The van der Waals surface area contributed by atoms with Crippen LogP contribution < -0.4 is 14.8 Å². The molecule has 0 bridgehead atoms. The van der Waals surface area contributed by atoms with Crippen LogP contribution in [0.2, 0.25) is 5.02 Å². The average molecular weight is 587 g/mol. The molecule has 0 aliphatic carbocycles. The van der Waals surface area contributed by atoms with Crippen molar-refractivity contribution in [3.8, 4) is 17.2 Å². The maximum Gasteiger partial charge on any atom is 0.416 e. The van der Waals surface area contributed by atoms with Gasteiger partial charge in [0, 0.05) is 37.2 Å². The number of nitrogens with zero attached hydrogens (tertiary/aromatic N) is 7. The molecule has 41 heavy (non-hydrogen) atoms. The molecule has 5 aromatic rings. The van der Waals surface area contributed by atoms with Gasteiger partial charge in [-0.15, -0.1) is 0 Å². The maximum atomic E-state index is 13.8. The molecular weight excluding hydrogens is 561 g/mol. The van der Waals surface area contributed by atoms with E-state index in [1.165, 1.54) is 18.5 Å². The number of aromatic nitrogens is 6. The highest BCUT2D eigenvalue weighted by molar-refractivity contribution is 6.36. The molecule has 1 N–H and O–H groups in total. The molecule has 1 saturated heterocycles. The van der Waals surface area contributed by atoms with Gasteiger partial charge < -0.3 is 24.3 Å². The summed E-state index contributed by atoms with van der Waals surface area (Å²) in [6, 6.07) is 3.71. The number of aryl methyl sites for hydroxylation is 1. The molecule has 1 atom stereocenters. The number of likely N-dealkylation sites (tertiary alicyclic amines) is 1. The van der Waals surface area contributed by atoms with E-state index in [0.717, 1.165) is 37.9 Å². The summed E-state index contributed by atoms with van der Waals surface area (Å²) in [4.78, 5) is 15.1. The smallest absolute Gasteiger partial charge is 0.416 e. The summed E-state index contributed by atoms with van der Waals surface area (Å²) < 4.78 is 56.4. The number of ether oxygens (including phenoxy) is 2. The zero-order valence-corrected chi connectivity index (χ0v) is 22.9. The Hall–Kier alpha value is -4.10. The number of nitrogens with one attached hydrogen (secondary N) is 1. The molecule has 0 amide bonds. The van der Waals surface area contributed by atoms with E-state index in [2.05, 4.69) is 30.3 Å². The molecule has 4 aromatic heterocycles. The summed E-state index contributed by atoms with van der Waals surface area (Å²) in [5.41, 5.74) is 0.691. The molecule has 214 valence electrons. The van der Waals surface area contributed by atoms with Gasteiger partial charge in [0.05, 0.1) is 24.2 Å². The van der Waals surface area contributed by atoms with Gasteiger partial charge in [-0.05, 0) is 38.6 Å². The second kappa shape index (κ2) is 10.7. The topological polar surface area (TPSA) is 94.6 Å². The van der Waals surface area contributed by atoms with Crippen LogP contribution in [0.1, 0.15) is 24.8 Å². The molecule has 1 aromatic carbocycles. The second-order valence-corrected chi connectivity index (χ2v) is 10.3. The molecule has 1 unspecified atom stereocenters. The van der Waals surface area contributed by atoms with Crippen LogP contribution in [-0.2, 0) is 13.2 Å². The lowest BCUT2D eigenvalue weighted by atomic mass is 10.0. The number of hydrogen-bond donors (Lipinski definition) is 1. The van der Waals surface area contributed by atoms with Gasteiger partial charge in [-0.3, -0.25) is 4.98 Å². The van der Waals surface area contributed by atoms with E-state index in [4.69, 9.17) is 21.1 Å². The third-order valence-corrected chi connectivity index (χ3v) is 7.53. The van der Waals surface area contributed by atoms with Gasteiger partial charge in [-0.25, -0.2) is 9.50 Å². The van der Waals surface area contributed by atoms with Crippen LogP contribution >= 0.6 is 11.6 Å². The first-order valence-corrected chi connectivity index (χ1v) is 13.3. The number of likely N-dealkylation sites (N-methyl/N-ethyl adjacent to an activating group) is 1. The number of fused-ring (bicyclic) bond motifs is 2. The van der Waals surface area contributed by atoms with Gasteiger partial charge in [0.2, 0.25) is 5.95 Å². The Morgan fingerprint density at radius 2 is 1.95 bits per heavy atom. The van der Waals surface area contributed by atoms with Crippen molar-refractivity contribution in [2.24, 2.45) is 7.05 Å². The van der Waals surface area contributed by atoms with E-state index < -0.39 is 11.7 Å². The fourth-order valence-electron chi connectivity index (χ4n) is 4.90. The lowest BCUT2D eigenvalue weighted by molar-refractivity contribution is -0.137. The Morgan fingerprint density at radius 3 is 2.76 bits per heavy atom. The zero-order valence-electron chi connectivity index (χ0n) is 22.2. The van der Waals surface area contributed by atoms with Crippen molar-refractivity contribution in [1.82, 2.24) is 34.0 Å². The SMILES string of the molecule is CN1CCCCC1COc1cc(Nc2nc3ncc(Oc4cnn5ccncc45)c(Cl)c3n2C)cc(C(F)(F)F)c1. The molecule has 6 rings (SSSR count). The second-order valence-electron chi connectivity index (χ2n) is 9.93. The maximum absolute atomic E-state index is 13.8. The average Bonchev–Trinajstić information content (AvgIpc) is 3.50. The minimum Gasteiger partial charge on any atom is -0.492 e. The summed E-state index contributed by atoms with van der Waals surface area (Å²) in [7, 11) is 3.68.